The Morgan fingerprint density at radius 1 is 1.03 bits per heavy atom. The lowest BCUT2D eigenvalue weighted by Crippen LogP contribution is -2.49. The van der Waals surface area contributed by atoms with Gasteiger partial charge in [0.1, 0.15) is 0 Å². The number of carbonyl (C=O) groups excluding carboxylic acids is 1. The molecule has 0 spiro atoms. The number of aliphatic imine (C=N–C) groups is 1. The van der Waals surface area contributed by atoms with Gasteiger partial charge in [0.2, 0.25) is 5.91 Å². The maximum atomic E-state index is 12.7. The van der Waals surface area contributed by atoms with Crippen LogP contribution < -0.4 is 10.6 Å². The average molecular weight is 523 g/mol. The molecular formula is C21H43IN6O. The van der Waals surface area contributed by atoms with Crippen molar-refractivity contribution in [1.29, 1.82) is 0 Å². The predicted molar refractivity (Wildman–Crippen MR) is 132 cm³/mol. The first-order chi connectivity index (χ1) is 13.5. The summed E-state index contributed by atoms with van der Waals surface area (Å²) in [6.07, 6.45) is 6.56. The first-order valence-corrected chi connectivity index (χ1v) is 11.1. The number of nitrogens with zero attached hydrogens (tertiary/aromatic N) is 4. The van der Waals surface area contributed by atoms with Gasteiger partial charge in [0.15, 0.2) is 5.96 Å². The summed E-state index contributed by atoms with van der Waals surface area (Å²) in [4.78, 5) is 23.9. The molecule has 170 valence electrons. The van der Waals surface area contributed by atoms with Crippen molar-refractivity contribution < 1.29 is 4.79 Å². The maximum Gasteiger partial charge on any atom is 0.230 e. The number of hydrogen-bond acceptors (Lipinski definition) is 4. The summed E-state index contributed by atoms with van der Waals surface area (Å²) in [5, 5.41) is 6.83. The molecular weight excluding hydrogens is 479 g/mol. The average Bonchev–Trinajstić information content (AvgIpc) is 3.19. The highest BCUT2D eigenvalue weighted by atomic mass is 127. The van der Waals surface area contributed by atoms with Gasteiger partial charge in [-0.1, -0.05) is 19.8 Å². The van der Waals surface area contributed by atoms with Crippen LogP contribution in [0, 0.1) is 5.41 Å². The van der Waals surface area contributed by atoms with Crippen molar-refractivity contribution in [3.63, 3.8) is 0 Å². The summed E-state index contributed by atoms with van der Waals surface area (Å²) in [6.45, 7) is 11.0. The standard InChI is InChI=1S/C21H42N6O.HI/c1-5-26-14-16-27(17-15-26)13-9-8-12-23-20(22-2)24-18-21(10-6-7-11-21)19(28)25(3)4;/h5-18H2,1-4H3,(H2,22,23,24);1H. The largest absolute Gasteiger partial charge is 0.356 e. The molecule has 2 N–H and O–H groups in total. The Hall–Kier alpha value is -0.610. The second-order valence-electron chi connectivity index (χ2n) is 8.52. The van der Waals surface area contributed by atoms with Gasteiger partial charge in [-0.2, -0.15) is 0 Å². The Morgan fingerprint density at radius 3 is 2.21 bits per heavy atom. The monoisotopic (exact) mass is 522 g/mol. The van der Waals surface area contributed by atoms with Crippen LogP contribution in [0.15, 0.2) is 4.99 Å². The van der Waals surface area contributed by atoms with Crippen molar-refractivity contribution in [2.75, 3.05) is 73.5 Å². The molecule has 1 heterocycles. The molecule has 0 aromatic rings. The third-order valence-corrected chi connectivity index (χ3v) is 6.34. The second-order valence-corrected chi connectivity index (χ2v) is 8.52. The zero-order valence-corrected chi connectivity index (χ0v) is 21.3. The zero-order valence-electron chi connectivity index (χ0n) is 19.0. The molecule has 1 aliphatic heterocycles. The lowest BCUT2D eigenvalue weighted by Gasteiger charge is -2.34. The molecule has 0 unspecified atom stereocenters. The highest BCUT2D eigenvalue weighted by Crippen LogP contribution is 2.38. The molecule has 0 aromatic carbocycles. The van der Waals surface area contributed by atoms with E-state index in [-0.39, 0.29) is 35.3 Å². The number of nitrogens with one attached hydrogen (secondary N) is 2. The summed E-state index contributed by atoms with van der Waals surface area (Å²) in [5.74, 6) is 1.06. The second kappa shape index (κ2) is 13.6. The highest BCUT2D eigenvalue weighted by molar-refractivity contribution is 14.0. The van der Waals surface area contributed by atoms with E-state index < -0.39 is 0 Å². The summed E-state index contributed by atoms with van der Waals surface area (Å²) < 4.78 is 0. The zero-order chi connectivity index (χ0) is 20.4. The highest BCUT2D eigenvalue weighted by Gasteiger charge is 2.42. The van der Waals surface area contributed by atoms with Crippen LogP contribution >= 0.6 is 24.0 Å². The molecule has 1 aliphatic carbocycles. The van der Waals surface area contributed by atoms with E-state index in [4.69, 9.17) is 0 Å². The molecule has 8 heteroatoms. The fourth-order valence-corrected chi connectivity index (χ4v) is 4.46. The minimum absolute atomic E-state index is 0. The number of likely N-dealkylation sites (N-methyl/N-ethyl adjacent to an activating group) is 1. The Bertz CT molecular complexity index is 499. The van der Waals surface area contributed by atoms with Gasteiger partial charge in [0.25, 0.3) is 0 Å². The van der Waals surface area contributed by atoms with Crippen LogP contribution in [0.3, 0.4) is 0 Å². The van der Waals surface area contributed by atoms with E-state index in [1.807, 2.05) is 14.1 Å². The van der Waals surface area contributed by atoms with E-state index in [1.165, 1.54) is 45.7 Å². The number of unbranched alkanes of at least 4 members (excludes halogenated alkanes) is 1. The van der Waals surface area contributed by atoms with E-state index in [2.05, 4.69) is 32.3 Å². The Labute approximate surface area is 195 Å². The van der Waals surface area contributed by atoms with Crippen molar-refractivity contribution in [2.24, 2.45) is 10.4 Å². The molecule has 0 aromatic heterocycles. The molecule has 0 atom stereocenters. The number of guanidine groups is 1. The molecule has 7 nitrogen and oxygen atoms in total. The minimum Gasteiger partial charge on any atom is -0.356 e. The third-order valence-electron chi connectivity index (χ3n) is 6.34. The maximum absolute atomic E-state index is 12.7. The van der Waals surface area contributed by atoms with Gasteiger partial charge in [-0.05, 0) is 38.8 Å². The lowest BCUT2D eigenvalue weighted by molar-refractivity contribution is -0.138. The Balaban J connectivity index is 0.00000420. The first kappa shape index (κ1) is 26.4. The quantitative estimate of drug-likeness (QED) is 0.210. The number of rotatable bonds is 9. The summed E-state index contributed by atoms with van der Waals surface area (Å²) in [5.41, 5.74) is -0.262. The minimum atomic E-state index is -0.262. The molecule has 2 fully saturated rings. The van der Waals surface area contributed by atoms with E-state index in [0.29, 0.717) is 6.54 Å². The van der Waals surface area contributed by atoms with E-state index in [0.717, 1.165) is 44.6 Å². The Kier molecular flexibility index (Phi) is 12.4. The molecule has 1 saturated heterocycles. The predicted octanol–water partition coefficient (Wildman–Crippen LogP) is 1.84. The van der Waals surface area contributed by atoms with Crippen molar-refractivity contribution >= 4 is 35.8 Å². The van der Waals surface area contributed by atoms with Crippen LogP contribution in [-0.2, 0) is 4.79 Å². The van der Waals surface area contributed by atoms with Crippen molar-refractivity contribution in [1.82, 2.24) is 25.3 Å². The van der Waals surface area contributed by atoms with Gasteiger partial charge >= 0.3 is 0 Å². The van der Waals surface area contributed by atoms with Crippen LogP contribution in [0.4, 0.5) is 0 Å². The first-order valence-electron chi connectivity index (χ1n) is 11.1. The van der Waals surface area contributed by atoms with Gasteiger partial charge in [0.05, 0.1) is 5.41 Å². The molecule has 0 bridgehead atoms. The van der Waals surface area contributed by atoms with Gasteiger partial charge in [0, 0.05) is 60.4 Å². The smallest absolute Gasteiger partial charge is 0.230 e. The van der Waals surface area contributed by atoms with Gasteiger partial charge in [-0.3, -0.25) is 9.79 Å². The number of amides is 1. The van der Waals surface area contributed by atoms with Crippen LogP contribution in [0.2, 0.25) is 0 Å². The van der Waals surface area contributed by atoms with Crippen molar-refractivity contribution in [3.8, 4) is 0 Å². The van der Waals surface area contributed by atoms with Crippen molar-refractivity contribution in [2.45, 2.75) is 45.4 Å². The van der Waals surface area contributed by atoms with Gasteiger partial charge < -0.3 is 25.3 Å². The van der Waals surface area contributed by atoms with E-state index in [1.54, 1.807) is 11.9 Å². The fourth-order valence-electron chi connectivity index (χ4n) is 4.46. The summed E-state index contributed by atoms with van der Waals surface area (Å²) in [6, 6.07) is 0. The lowest BCUT2D eigenvalue weighted by atomic mass is 9.84. The molecule has 29 heavy (non-hydrogen) atoms. The number of piperazine rings is 1. The van der Waals surface area contributed by atoms with Crippen molar-refractivity contribution in [3.05, 3.63) is 0 Å². The van der Waals surface area contributed by atoms with E-state index in [9.17, 15) is 4.79 Å². The molecule has 2 aliphatic rings. The number of carbonyl (C=O) groups is 1. The third kappa shape index (κ3) is 8.20. The molecule has 2 rings (SSSR count). The van der Waals surface area contributed by atoms with Crippen LogP contribution in [0.1, 0.15) is 45.4 Å². The van der Waals surface area contributed by atoms with Crippen LogP contribution in [0.25, 0.3) is 0 Å². The fraction of sp³-hybridized carbons (Fsp3) is 0.905. The summed E-state index contributed by atoms with van der Waals surface area (Å²) >= 11 is 0. The SMILES string of the molecule is CCN1CCN(CCCCNC(=NC)NCC2(C(=O)N(C)C)CCCC2)CC1.I. The number of halogens is 1. The van der Waals surface area contributed by atoms with Crippen LogP contribution in [0.5, 0.6) is 0 Å². The van der Waals surface area contributed by atoms with Crippen LogP contribution in [-0.4, -0.2) is 100 Å². The number of hydrogen-bond donors (Lipinski definition) is 2. The molecule has 1 amide bonds. The Morgan fingerprint density at radius 2 is 1.66 bits per heavy atom. The topological polar surface area (TPSA) is 63.2 Å². The van der Waals surface area contributed by atoms with Gasteiger partial charge in [-0.25, -0.2) is 0 Å². The molecule has 0 radical (unpaired) electrons. The summed E-state index contributed by atoms with van der Waals surface area (Å²) in [7, 11) is 5.52. The van der Waals surface area contributed by atoms with Gasteiger partial charge in [-0.15, -0.1) is 24.0 Å². The molecule has 1 saturated carbocycles. The normalized spacial score (nSPS) is 20.2. The van der Waals surface area contributed by atoms with E-state index >= 15 is 0 Å².